The molecule has 1 aromatic heterocycles. The first-order valence-electron chi connectivity index (χ1n) is 3.94. The van der Waals surface area contributed by atoms with Crippen LogP contribution in [-0.2, 0) is 4.74 Å². The van der Waals surface area contributed by atoms with Crippen molar-refractivity contribution < 1.29 is 9.53 Å². The van der Waals surface area contributed by atoms with Crippen LogP contribution in [0.3, 0.4) is 0 Å². The predicted molar refractivity (Wildman–Crippen MR) is 60.2 cm³/mol. The minimum Gasteiger partial charge on any atom is -0.464 e. The van der Waals surface area contributed by atoms with Crippen LogP contribution in [0, 0.1) is 3.57 Å². The van der Waals surface area contributed by atoms with E-state index in [1.807, 2.05) is 18.2 Å². The number of fused-ring (bicyclic) bond motifs is 1. The first-order valence-corrected chi connectivity index (χ1v) is 5.02. The zero-order valence-corrected chi connectivity index (χ0v) is 9.53. The quantitative estimate of drug-likeness (QED) is 0.647. The number of hydrogen-bond donors (Lipinski definition) is 1. The Morgan fingerprint density at radius 3 is 3.07 bits per heavy atom. The Kier molecular flexibility index (Phi) is 2.40. The first-order chi connectivity index (χ1) is 6.72. The second-order valence-corrected chi connectivity index (χ2v) is 4.00. The molecule has 0 aliphatic heterocycles. The molecule has 0 amide bonds. The minimum atomic E-state index is -0.419. The average molecular weight is 302 g/mol. The lowest BCUT2D eigenvalue weighted by molar-refractivity contribution is 0.0596. The molecular weight excluding hydrogens is 295 g/mol. The monoisotopic (exact) mass is 302 g/mol. The molecule has 5 heteroatoms. The van der Waals surface area contributed by atoms with Gasteiger partial charge in [-0.1, -0.05) is 0 Å². The van der Waals surface area contributed by atoms with Gasteiger partial charge in [-0.2, -0.15) is 5.10 Å². The molecule has 0 bridgehead atoms. The van der Waals surface area contributed by atoms with Gasteiger partial charge in [0.05, 0.1) is 12.6 Å². The van der Waals surface area contributed by atoms with Gasteiger partial charge in [0.2, 0.25) is 0 Å². The van der Waals surface area contributed by atoms with Gasteiger partial charge in [-0.15, -0.1) is 0 Å². The predicted octanol–water partition coefficient (Wildman–Crippen LogP) is 1.95. The molecule has 0 spiro atoms. The molecule has 1 N–H and O–H groups in total. The highest BCUT2D eigenvalue weighted by Gasteiger charge is 2.13. The first kappa shape index (κ1) is 9.45. The van der Waals surface area contributed by atoms with E-state index >= 15 is 0 Å². The number of rotatable bonds is 1. The van der Waals surface area contributed by atoms with Crippen molar-refractivity contribution in [2.75, 3.05) is 7.11 Å². The zero-order chi connectivity index (χ0) is 10.1. The molecule has 1 heterocycles. The third-order valence-corrected chi connectivity index (χ3v) is 2.57. The van der Waals surface area contributed by atoms with Gasteiger partial charge in [0.25, 0.3) is 0 Å². The third kappa shape index (κ3) is 1.47. The molecule has 2 rings (SSSR count). The third-order valence-electron chi connectivity index (χ3n) is 1.90. The van der Waals surface area contributed by atoms with Gasteiger partial charge in [-0.05, 0) is 40.8 Å². The van der Waals surface area contributed by atoms with E-state index in [2.05, 4.69) is 37.5 Å². The van der Waals surface area contributed by atoms with Crippen molar-refractivity contribution >= 4 is 39.5 Å². The lowest BCUT2D eigenvalue weighted by atomic mass is 10.2. The summed E-state index contributed by atoms with van der Waals surface area (Å²) in [5, 5.41) is 7.48. The van der Waals surface area contributed by atoms with Crippen LogP contribution in [-0.4, -0.2) is 23.3 Å². The van der Waals surface area contributed by atoms with Crippen LogP contribution >= 0.6 is 22.6 Å². The van der Waals surface area contributed by atoms with Gasteiger partial charge < -0.3 is 4.74 Å². The summed E-state index contributed by atoms with van der Waals surface area (Å²) in [5.41, 5.74) is 1.18. The van der Waals surface area contributed by atoms with Gasteiger partial charge in [0.1, 0.15) is 0 Å². The van der Waals surface area contributed by atoms with Crippen LogP contribution in [0.15, 0.2) is 18.2 Å². The van der Waals surface area contributed by atoms with E-state index in [4.69, 9.17) is 0 Å². The van der Waals surface area contributed by atoms with Crippen LogP contribution in [0.4, 0.5) is 0 Å². The van der Waals surface area contributed by atoms with Gasteiger partial charge >= 0.3 is 5.97 Å². The topological polar surface area (TPSA) is 55.0 Å². The summed E-state index contributed by atoms with van der Waals surface area (Å²) in [6.07, 6.45) is 0. The Bertz CT molecular complexity index is 493. The summed E-state index contributed by atoms with van der Waals surface area (Å²) in [6, 6.07) is 5.70. The maximum Gasteiger partial charge on any atom is 0.359 e. The van der Waals surface area contributed by atoms with Gasteiger partial charge in [-0.25, -0.2) is 4.79 Å². The normalized spacial score (nSPS) is 10.4. The Morgan fingerprint density at radius 2 is 2.36 bits per heavy atom. The van der Waals surface area contributed by atoms with Crippen molar-refractivity contribution in [1.29, 1.82) is 0 Å². The van der Waals surface area contributed by atoms with Crippen molar-refractivity contribution in [3.63, 3.8) is 0 Å². The second kappa shape index (κ2) is 3.56. The summed E-state index contributed by atoms with van der Waals surface area (Å²) < 4.78 is 5.70. The Morgan fingerprint density at radius 1 is 1.57 bits per heavy atom. The Labute approximate surface area is 93.8 Å². The molecule has 4 nitrogen and oxygen atoms in total. The molecule has 0 unspecified atom stereocenters. The maximum atomic E-state index is 11.3. The number of nitrogens with one attached hydrogen (secondary N) is 1. The number of aromatic amines is 1. The smallest absolute Gasteiger partial charge is 0.359 e. The number of halogens is 1. The molecular formula is C9H7IN2O2. The van der Waals surface area contributed by atoms with E-state index in [-0.39, 0.29) is 0 Å². The molecule has 0 atom stereocenters. The van der Waals surface area contributed by atoms with Crippen molar-refractivity contribution in [1.82, 2.24) is 10.2 Å². The summed E-state index contributed by atoms with van der Waals surface area (Å²) in [7, 11) is 1.34. The average Bonchev–Trinajstić information content (AvgIpc) is 2.59. The number of hydrogen-bond acceptors (Lipinski definition) is 3. The van der Waals surface area contributed by atoms with E-state index < -0.39 is 5.97 Å². The lowest BCUT2D eigenvalue weighted by Crippen LogP contribution is -2.01. The summed E-state index contributed by atoms with van der Waals surface area (Å²) in [6.45, 7) is 0. The summed E-state index contributed by atoms with van der Waals surface area (Å²) in [4.78, 5) is 11.3. The molecule has 0 saturated heterocycles. The van der Waals surface area contributed by atoms with Crippen molar-refractivity contribution in [3.8, 4) is 0 Å². The molecule has 0 fully saturated rings. The van der Waals surface area contributed by atoms with Crippen LogP contribution in [0.5, 0.6) is 0 Å². The number of methoxy groups -OCH3 is 1. The highest BCUT2D eigenvalue weighted by molar-refractivity contribution is 14.1. The van der Waals surface area contributed by atoms with E-state index in [9.17, 15) is 4.79 Å². The van der Waals surface area contributed by atoms with E-state index in [0.717, 1.165) is 14.5 Å². The van der Waals surface area contributed by atoms with Crippen LogP contribution in [0.1, 0.15) is 10.5 Å². The fraction of sp³-hybridized carbons (Fsp3) is 0.111. The number of nitrogens with zero attached hydrogens (tertiary/aromatic N) is 1. The Balaban J connectivity index is 2.64. The maximum absolute atomic E-state index is 11.3. The molecule has 72 valence electrons. The highest BCUT2D eigenvalue weighted by atomic mass is 127. The van der Waals surface area contributed by atoms with Gasteiger partial charge in [0, 0.05) is 8.96 Å². The van der Waals surface area contributed by atoms with Gasteiger partial charge in [0.15, 0.2) is 5.69 Å². The number of carbonyl (C=O) groups is 1. The number of H-pyrrole nitrogens is 1. The molecule has 2 aromatic rings. The van der Waals surface area contributed by atoms with Crippen LogP contribution < -0.4 is 0 Å². The fourth-order valence-corrected chi connectivity index (χ4v) is 1.74. The van der Waals surface area contributed by atoms with E-state index in [1.54, 1.807) is 0 Å². The second-order valence-electron chi connectivity index (χ2n) is 2.75. The number of benzene rings is 1. The molecule has 0 radical (unpaired) electrons. The van der Waals surface area contributed by atoms with Gasteiger partial charge in [-0.3, -0.25) is 5.10 Å². The lowest BCUT2D eigenvalue weighted by Gasteiger charge is -1.94. The van der Waals surface area contributed by atoms with Crippen LogP contribution in [0.25, 0.3) is 10.9 Å². The number of aromatic nitrogens is 2. The fourth-order valence-electron chi connectivity index (χ4n) is 1.24. The van der Waals surface area contributed by atoms with Crippen molar-refractivity contribution in [2.45, 2.75) is 0 Å². The SMILES string of the molecule is COC(=O)c1n[nH]c2cc(I)ccc12. The minimum absolute atomic E-state index is 0.332. The zero-order valence-electron chi connectivity index (χ0n) is 7.37. The molecule has 0 aliphatic rings. The number of carbonyl (C=O) groups excluding carboxylic acids is 1. The molecule has 0 aliphatic carbocycles. The highest BCUT2D eigenvalue weighted by Crippen LogP contribution is 2.18. The number of ether oxygens (including phenoxy) is 1. The summed E-state index contributed by atoms with van der Waals surface area (Å²) in [5.74, 6) is -0.419. The van der Waals surface area contributed by atoms with E-state index in [0.29, 0.717) is 5.69 Å². The van der Waals surface area contributed by atoms with Crippen LogP contribution in [0.2, 0.25) is 0 Å². The van der Waals surface area contributed by atoms with E-state index in [1.165, 1.54) is 7.11 Å². The standard InChI is InChI=1S/C9H7IN2O2/c1-14-9(13)8-6-3-2-5(10)4-7(6)11-12-8/h2-4H,1H3,(H,11,12). The van der Waals surface area contributed by atoms with Crippen molar-refractivity contribution in [2.24, 2.45) is 0 Å². The largest absolute Gasteiger partial charge is 0.464 e. The summed E-state index contributed by atoms with van der Waals surface area (Å²) >= 11 is 2.20. The van der Waals surface area contributed by atoms with Crippen molar-refractivity contribution in [3.05, 3.63) is 27.5 Å². The molecule has 0 saturated carbocycles. The number of esters is 1. The Hall–Kier alpha value is -1.11. The molecule has 1 aromatic carbocycles. The molecule has 14 heavy (non-hydrogen) atoms.